The van der Waals surface area contributed by atoms with Gasteiger partial charge in [-0.05, 0) is 161 Å². The summed E-state index contributed by atoms with van der Waals surface area (Å²) in [4.78, 5) is 9.68. The van der Waals surface area contributed by atoms with Gasteiger partial charge in [-0.25, -0.2) is 0 Å². The molecule has 0 atom stereocenters. The third-order valence-corrected chi connectivity index (χ3v) is 16.2. The topological polar surface area (TPSA) is 14.7 Å². The van der Waals surface area contributed by atoms with E-state index in [1.54, 1.807) is 0 Å². The zero-order valence-corrected chi connectivity index (χ0v) is 41.9. The highest BCUT2D eigenvalue weighted by molar-refractivity contribution is 7.99. The number of anilines is 9. The fourth-order valence-corrected chi connectivity index (χ4v) is 12.6. The normalized spacial score (nSPS) is 13.3. The van der Waals surface area contributed by atoms with Crippen LogP contribution >= 0.6 is 11.8 Å². The van der Waals surface area contributed by atoms with Crippen LogP contribution in [0.5, 0.6) is 0 Å². The Hall–Kier alpha value is -9.03. The molecule has 0 radical (unpaired) electrons. The Balaban J connectivity index is 0.944. The van der Waals surface area contributed by atoms with E-state index in [0.29, 0.717) is 0 Å². The first-order valence-electron chi connectivity index (χ1n) is 25.4. The number of benzene rings is 11. The molecule has 74 heavy (non-hydrogen) atoms. The highest BCUT2D eigenvalue weighted by Crippen LogP contribution is 2.55. The minimum absolute atomic E-state index is 0.225. The van der Waals surface area contributed by atoms with Crippen molar-refractivity contribution in [3.8, 4) is 27.9 Å². The second-order valence-corrected chi connectivity index (χ2v) is 20.9. The first kappa shape index (κ1) is 43.7. The largest absolute Gasteiger partial charge is 0.310 e. The van der Waals surface area contributed by atoms with Crippen molar-refractivity contribution in [1.29, 1.82) is 0 Å². The summed E-state index contributed by atoms with van der Waals surface area (Å²) in [6.45, 7) is 4.74. The highest BCUT2D eigenvalue weighted by atomic mass is 32.2. The van der Waals surface area contributed by atoms with Gasteiger partial charge in [-0.15, -0.1) is 0 Å². The lowest BCUT2D eigenvalue weighted by atomic mass is 9.73. The average molecular weight is 967 g/mol. The summed E-state index contributed by atoms with van der Waals surface area (Å²) >= 11 is 1.84. The van der Waals surface area contributed by atoms with Crippen molar-refractivity contribution in [3.05, 3.63) is 278 Å². The van der Waals surface area contributed by atoms with E-state index in [4.69, 9.17) is 0 Å². The molecule has 0 unspecified atom stereocenters. The maximum absolute atomic E-state index is 2.44. The smallest absolute Gasteiger partial charge is 0.0603 e. The SMILES string of the molecule is CC1(C)c2ccccc2N(c2ccccc2)c2ccc(-c3ccc4c(c3)c3cc(N(c5ccc(-c6ccccc6)cc5)c5ccc6c(c5)Sc5ccccc5N6c5ccccc5)ccc3n4-c3ccccc3)cc21. The summed E-state index contributed by atoms with van der Waals surface area (Å²) in [5.41, 5.74) is 21.0. The molecule has 0 bridgehead atoms. The van der Waals surface area contributed by atoms with Crippen LogP contribution in [-0.4, -0.2) is 4.57 Å². The summed E-state index contributed by atoms with van der Waals surface area (Å²) in [7, 11) is 0. The van der Waals surface area contributed by atoms with Gasteiger partial charge in [0.15, 0.2) is 0 Å². The van der Waals surface area contributed by atoms with Gasteiger partial charge in [0.2, 0.25) is 0 Å². The van der Waals surface area contributed by atoms with Crippen LogP contribution in [0.2, 0.25) is 0 Å². The fraction of sp³-hybridized carbons (Fsp3) is 0.0435. The zero-order chi connectivity index (χ0) is 49.3. The van der Waals surface area contributed by atoms with Crippen LogP contribution in [0.15, 0.2) is 277 Å². The minimum Gasteiger partial charge on any atom is -0.310 e. The van der Waals surface area contributed by atoms with Gasteiger partial charge in [0.1, 0.15) is 0 Å². The Labute approximate surface area is 436 Å². The van der Waals surface area contributed by atoms with Crippen LogP contribution < -0.4 is 14.7 Å². The van der Waals surface area contributed by atoms with Crippen molar-refractivity contribution in [2.75, 3.05) is 14.7 Å². The minimum atomic E-state index is -0.225. The molecule has 4 nitrogen and oxygen atoms in total. The molecule has 1 aromatic heterocycles. The van der Waals surface area contributed by atoms with Gasteiger partial charge in [-0.3, -0.25) is 0 Å². The Kier molecular flexibility index (Phi) is 10.4. The van der Waals surface area contributed by atoms with E-state index in [0.717, 1.165) is 45.2 Å². The lowest BCUT2D eigenvalue weighted by Gasteiger charge is -2.42. The Morgan fingerprint density at radius 2 is 0.784 bits per heavy atom. The van der Waals surface area contributed by atoms with Crippen LogP contribution in [0, 0.1) is 0 Å². The van der Waals surface area contributed by atoms with Gasteiger partial charge in [0, 0.05) is 60.1 Å². The van der Waals surface area contributed by atoms with E-state index >= 15 is 0 Å². The first-order valence-corrected chi connectivity index (χ1v) is 26.2. The lowest BCUT2D eigenvalue weighted by Crippen LogP contribution is -2.30. The number of fused-ring (bicyclic) bond motifs is 7. The van der Waals surface area contributed by atoms with E-state index in [1.165, 1.54) is 76.7 Å². The van der Waals surface area contributed by atoms with Crippen molar-refractivity contribution in [2.24, 2.45) is 0 Å². The fourth-order valence-electron chi connectivity index (χ4n) is 11.5. The molecule has 3 heterocycles. The summed E-state index contributed by atoms with van der Waals surface area (Å²) in [5.74, 6) is 0. The van der Waals surface area contributed by atoms with Crippen LogP contribution in [0.3, 0.4) is 0 Å². The standard InChI is InChI=1S/C69H50N4S/c1-69(2)59-27-15-16-28-63(59)72(52-23-11-5-12-24-52)64-40-34-50(44-60(64)69)49-33-39-61-57(43-49)58-45-55(37-41-62(58)71(61)51-21-9-4-10-22-51)70(54-35-31-48(32-36-54)47-19-7-3-8-20-47)56-38-42-66-68(46-56)74-67-30-18-17-29-65(67)73(66)53-25-13-6-14-26-53/h3-46H,1-2H3. The Morgan fingerprint density at radius 1 is 0.324 bits per heavy atom. The molecule has 0 spiro atoms. The van der Waals surface area contributed by atoms with E-state index in [-0.39, 0.29) is 5.41 Å². The summed E-state index contributed by atoms with van der Waals surface area (Å²) in [6, 6.07) is 97.7. The Morgan fingerprint density at radius 3 is 1.50 bits per heavy atom. The molecule has 0 saturated carbocycles. The van der Waals surface area contributed by atoms with Crippen molar-refractivity contribution < 1.29 is 0 Å². The average Bonchev–Trinajstić information content (AvgIpc) is 3.80. The van der Waals surface area contributed by atoms with Crippen LogP contribution in [-0.2, 0) is 5.41 Å². The quantitative estimate of drug-likeness (QED) is 0.151. The van der Waals surface area contributed by atoms with Gasteiger partial charge >= 0.3 is 0 Å². The van der Waals surface area contributed by atoms with Crippen molar-refractivity contribution in [3.63, 3.8) is 0 Å². The van der Waals surface area contributed by atoms with Crippen LogP contribution in [0.1, 0.15) is 25.0 Å². The molecule has 352 valence electrons. The van der Waals surface area contributed by atoms with Gasteiger partial charge in [-0.2, -0.15) is 0 Å². The molecule has 12 aromatic rings. The molecule has 2 aliphatic heterocycles. The molecular formula is C69H50N4S. The van der Waals surface area contributed by atoms with Crippen molar-refractivity contribution >= 4 is 84.8 Å². The number of hydrogen-bond acceptors (Lipinski definition) is 4. The number of hydrogen-bond donors (Lipinski definition) is 0. The van der Waals surface area contributed by atoms with E-state index in [2.05, 4.69) is 300 Å². The maximum Gasteiger partial charge on any atom is 0.0603 e. The van der Waals surface area contributed by atoms with E-state index in [9.17, 15) is 0 Å². The monoisotopic (exact) mass is 966 g/mol. The second kappa shape index (κ2) is 17.6. The van der Waals surface area contributed by atoms with Crippen LogP contribution in [0.4, 0.5) is 51.2 Å². The first-order chi connectivity index (χ1) is 36.5. The second-order valence-electron chi connectivity index (χ2n) is 19.8. The molecule has 5 heteroatoms. The van der Waals surface area contributed by atoms with Crippen molar-refractivity contribution in [2.45, 2.75) is 29.1 Å². The maximum atomic E-state index is 2.44. The van der Waals surface area contributed by atoms with Gasteiger partial charge in [0.05, 0.1) is 33.8 Å². The predicted octanol–water partition coefficient (Wildman–Crippen LogP) is 19.6. The summed E-state index contributed by atoms with van der Waals surface area (Å²) in [6.07, 6.45) is 0. The summed E-state index contributed by atoms with van der Waals surface area (Å²) in [5, 5.41) is 2.39. The molecule has 0 fully saturated rings. The van der Waals surface area contributed by atoms with Crippen molar-refractivity contribution in [1.82, 2.24) is 4.57 Å². The third-order valence-electron chi connectivity index (χ3n) is 15.1. The lowest BCUT2D eigenvalue weighted by molar-refractivity contribution is 0.632. The van der Waals surface area contributed by atoms with E-state index in [1.807, 2.05) is 11.8 Å². The number of nitrogens with zero attached hydrogens (tertiary/aromatic N) is 4. The number of rotatable bonds is 8. The third kappa shape index (κ3) is 7.22. The number of aromatic nitrogens is 1. The molecule has 0 saturated heterocycles. The van der Waals surface area contributed by atoms with Crippen LogP contribution in [0.25, 0.3) is 49.7 Å². The molecule has 11 aromatic carbocycles. The Bertz CT molecular complexity index is 4070. The molecule has 0 aliphatic carbocycles. The molecule has 2 aliphatic rings. The van der Waals surface area contributed by atoms with Gasteiger partial charge in [0.25, 0.3) is 0 Å². The van der Waals surface area contributed by atoms with Gasteiger partial charge < -0.3 is 19.3 Å². The zero-order valence-electron chi connectivity index (χ0n) is 41.1. The van der Waals surface area contributed by atoms with E-state index < -0.39 is 0 Å². The van der Waals surface area contributed by atoms with Gasteiger partial charge in [-0.1, -0.05) is 165 Å². The molecular weight excluding hydrogens is 917 g/mol. The highest BCUT2D eigenvalue weighted by Gasteiger charge is 2.37. The summed E-state index contributed by atoms with van der Waals surface area (Å²) < 4.78 is 2.42. The number of para-hydroxylation sites is 5. The molecule has 0 N–H and O–H groups in total. The molecule has 14 rings (SSSR count). The predicted molar refractivity (Wildman–Crippen MR) is 312 cm³/mol. The molecule has 0 amide bonds.